The van der Waals surface area contributed by atoms with Crippen molar-refractivity contribution in [1.82, 2.24) is 15.5 Å². The Bertz CT molecular complexity index is 758. The third kappa shape index (κ3) is 7.51. The van der Waals surface area contributed by atoms with Crippen LogP contribution >= 0.6 is 0 Å². The average molecular weight is 403 g/mol. The quantitative estimate of drug-likeness (QED) is 0.384. The van der Waals surface area contributed by atoms with Gasteiger partial charge in [-0.05, 0) is 49.2 Å². The maximum atomic E-state index is 13.5. The second-order valence-electron chi connectivity index (χ2n) is 7.24. The number of benzene rings is 1. The fraction of sp³-hybridized carbons (Fsp3) is 0.500. The molecule has 1 fully saturated rings. The van der Waals surface area contributed by atoms with Crippen molar-refractivity contribution in [1.29, 1.82) is 0 Å². The van der Waals surface area contributed by atoms with Gasteiger partial charge < -0.3 is 19.8 Å². The number of hydrogen-bond donors (Lipinski definition) is 2. The third-order valence-electron chi connectivity index (χ3n) is 4.93. The lowest BCUT2D eigenvalue weighted by Crippen LogP contribution is -2.41. The summed E-state index contributed by atoms with van der Waals surface area (Å²) in [6, 6.07) is 8.99. The molecule has 1 aliphatic rings. The topological polar surface area (TPSA) is 62.0 Å². The number of nitrogens with one attached hydrogen (secondary N) is 2. The second-order valence-corrected chi connectivity index (χ2v) is 7.24. The van der Waals surface area contributed by atoms with Gasteiger partial charge in [-0.3, -0.25) is 4.90 Å². The molecule has 0 aliphatic carbocycles. The van der Waals surface area contributed by atoms with Crippen LogP contribution in [0.5, 0.6) is 0 Å². The minimum Gasteiger partial charge on any atom is -0.469 e. The van der Waals surface area contributed by atoms with Crippen LogP contribution in [0.25, 0.3) is 0 Å². The summed E-state index contributed by atoms with van der Waals surface area (Å²) in [5.41, 5.74) is 1.63. The van der Waals surface area contributed by atoms with Gasteiger partial charge >= 0.3 is 0 Å². The van der Waals surface area contributed by atoms with Crippen LogP contribution < -0.4 is 10.6 Å². The molecular formula is C22H31FN4O2. The lowest BCUT2D eigenvalue weighted by Gasteiger charge is -2.26. The molecule has 0 bridgehead atoms. The molecule has 1 aromatic carbocycles. The zero-order valence-electron chi connectivity index (χ0n) is 17.1. The van der Waals surface area contributed by atoms with E-state index in [9.17, 15) is 4.39 Å². The number of ether oxygens (including phenoxy) is 1. The summed E-state index contributed by atoms with van der Waals surface area (Å²) in [5.74, 6) is 1.52. The SMILES string of the molecule is Cc1cc(CN=C(NCCCN2CCOCC2)NCCc2ccco2)ccc1F. The Morgan fingerprint density at radius 3 is 2.76 bits per heavy atom. The summed E-state index contributed by atoms with van der Waals surface area (Å²) >= 11 is 0. The maximum absolute atomic E-state index is 13.5. The summed E-state index contributed by atoms with van der Waals surface area (Å²) in [6.07, 6.45) is 3.51. The normalized spacial score (nSPS) is 15.4. The van der Waals surface area contributed by atoms with Gasteiger partial charge in [0.15, 0.2) is 5.96 Å². The van der Waals surface area contributed by atoms with Crippen LogP contribution in [0.4, 0.5) is 4.39 Å². The van der Waals surface area contributed by atoms with Crippen LogP contribution in [-0.4, -0.2) is 56.8 Å². The van der Waals surface area contributed by atoms with Crippen LogP contribution in [0.2, 0.25) is 0 Å². The highest BCUT2D eigenvalue weighted by Gasteiger charge is 2.09. The van der Waals surface area contributed by atoms with Crippen molar-refractivity contribution < 1.29 is 13.5 Å². The second kappa shape index (κ2) is 11.6. The van der Waals surface area contributed by atoms with Gasteiger partial charge in [0.2, 0.25) is 0 Å². The van der Waals surface area contributed by atoms with Crippen LogP contribution in [0.1, 0.15) is 23.3 Å². The molecule has 158 valence electrons. The van der Waals surface area contributed by atoms with E-state index in [1.54, 1.807) is 19.3 Å². The van der Waals surface area contributed by atoms with E-state index in [2.05, 4.69) is 20.5 Å². The minimum atomic E-state index is -0.184. The summed E-state index contributed by atoms with van der Waals surface area (Å²) in [4.78, 5) is 7.10. The number of morpholine rings is 1. The Kier molecular flexibility index (Phi) is 8.52. The molecule has 1 aromatic heterocycles. The van der Waals surface area contributed by atoms with Crippen molar-refractivity contribution in [2.24, 2.45) is 4.99 Å². The van der Waals surface area contributed by atoms with E-state index >= 15 is 0 Å². The molecule has 2 heterocycles. The minimum absolute atomic E-state index is 0.184. The molecule has 0 amide bonds. The van der Waals surface area contributed by atoms with E-state index in [-0.39, 0.29) is 5.82 Å². The van der Waals surface area contributed by atoms with Gasteiger partial charge in [0.1, 0.15) is 11.6 Å². The van der Waals surface area contributed by atoms with E-state index in [1.807, 2.05) is 18.2 Å². The molecule has 0 saturated carbocycles. The largest absolute Gasteiger partial charge is 0.469 e. The molecule has 1 aliphatic heterocycles. The zero-order valence-corrected chi connectivity index (χ0v) is 17.1. The molecule has 0 unspecified atom stereocenters. The van der Waals surface area contributed by atoms with Gasteiger partial charge in [-0.15, -0.1) is 0 Å². The van der Waals surface area contributed by atoms with Crippen molar-refractivity contribution >= 4 is 5.96 Å². The summed E-state index contributed by atoms with van der Waals surface area (Å²) in [5, 5.41) is 6.78. The Morgan fingerprint density at radius 1 is 1.17 bits per heavy atom. The van der Waals surface area contributed by atoms with Crippen molar-refractivity contribution in [2.45, 2.75) is 26.3 Å². The Labute approximate surface area is 172 Å². The molecule has 1 saturated heterocycles. The fourth-order valence-electron chi connectivity index (χ4n) is 3.24. The molecular weight excluding hydrogens is 371 g/mol. The highest BCUT2D eigenvalue weighted by molar-refractivity contribution is 5.79. The molecule has 2 N–H and O–H groups in total. The van der Waals surface area contributed by atoms with Crippen molar-refractivity contribution in [2.75, 3.05) is 45.9 Å². The smallest absolute Gasteiger partial charge is 0.191 e. The molecule has 0 spiro atoms. The first-order valence-electron chi connectivity index (χ1n) is 10.3. The molecule has 6 nitrogen and oxygen atoms in total. The molecule has 29 heavy (non-hydrogen) atoms. The van der Waals surface area contributed by atoms with Gasteiger partial charge in [0.05, 0.1) is 26.0 Å². The van der Waals surface area contributed by atoms with Crippen molar-refractivity contribution in [3.63, 3.8) is 0 Å². The van der Waals surface area contributed by atoms with E-state index in [0.717, 1.165) is 76.1 Å². The van der Waals surface area contributed by atoms with Crippen molar-refractivity contribution in [3.05, 3.63) is 59.3 Å². The number of aryl methyl sites for hydroxylation is 1. The summed E-state index contributed by atoms with van der Waals surface area (Å²) in [6.45, 7) is 8.55. The van der Waals surface area contributed by atoms with Gasteiger partial charge in [0, 0.05) is 32.6 Å². The Hall–Kier alpha value is -2.38. The predicted octanol–water partition coefficient (Wildman–Crippen LogP) is 2.73. The van der Waals surface area contributed by atoms with E-state index in [0.29, 0.717) is 12.1 Å². The van der Waals surface area contributed by atoms with Gasteiger partial charge in [-0.1, -0.05) is 12.1 Å². The predicted molar refractivity (Wildman–Crippen MR) is 113 cm³/mol. The number of rotatable bonds is 9. The van der Waals surface area contributed by atoms with E-state index in [1.165, 1.54) is 6.07 Å². The van der Waals surface area contributed by atoms with Crippen LogP contribution in [0.3, 0.4) is 0 Å². The Morgan fingerprint density at radius 2 is 2.00 bits per heavy atom. The molecule has 0 atom stereocenters. The Balaban J connectivity index is 1.49. The number of hydrogen-bond acceptors (Lipinski definition) is 4. The molecule has 7 heteroatoms. The van der Waals surface area contributed by atoms with Crippen LogP contribution in [0.15, 0.2) is 46.0 Å². The average Bonchev–Trinajstić information content (AvgIpc) is 3.25. The van der Waals surface area contributed by atoms with Gasteiger partial charge in [-0.2, -0.15) is 0 Å². The standard InChI is InChI=1S/C22H31FN4O2/c1-18-16-19(5-6-21(18)23)17-26-22(25-9-7-20-4-2-13-29-20)24-8-3-10-27-11-14-28-15-12-27/h2,4-6,13,16H,3,7-12,14-15,17H2,1H3,(H2,24,25,26). The molecule has 2 aromatic rings. The van der Waals surface area contributed by atoms with Crippen LogP contribution in [0, 0.1) is 12.7 Å². The number of halogens is 1. The lowest BCUT2D eigenvalue weighted by molar-refractivity contribution is 0.0376. The molecule has 3 rings (SSSR count). The number of guanidine groups is 1. The highest BCUT2D eigenvalue weighted by Crippen LogP contribution is 2.10. The summed E-state index contributed by atoms with van der Waals surface area (Å²) in [7, 11) is 0. The zero-order chi connectivity index (χ0) is 20.3. The van der Waals surface area contributed by atoms with Gasteiger partial charge in [0.25, 0.3) is 0 Å². The lowest BCUT2D eigenvalue weighted by atomic mass is 10.1. The third-order valence-corrected chi connectivity index (χ3v) is 4.93. The van der Waals surface area contributed by atoms with Gasteiger partial charge in [-0.25, -0.2) is 9.38 Å². The number of nitrogens with zero attached hydrogens (tertiary/aromatic N) is 2. The number of aliphatic imine (C=N–C) groups is 1. The first-order chi connectivity index (χ1) is 14.2. The van der Waals surface area contributed by atoms with Crippen molar-refractivity contribution in [3.8, 4) is 0 Å². The van der Waals surface area contributed by atoms with E-state index in [4.69, 9.17) is 9.15 Å². The summed E-state index contributed by atoms with van der Waals surface area (Å²) < 4.78 is 24.3. The first-order valence-corrected chi connectivity index (χ1v) is 10.3. The van der Waals surface area contributed by atoms with E-state index < -0.39 is 0 Å². The monoisotopic (exact) mass is 402 g/mol. The number of furan rings is 1. The maximum Gasteiger partial charge on any atom is 0.191 e. The first kappa shape index (κ1) is 21.3. The highest BCUT2D eigenvalue weighted by atomic mass is 19.1. The molecule has 0 radical (unpaired) electrons. The van der Waals surface area contributed by atoms with Crippen LogP contribution in [-0.2, 0) is 17.7 Å². The fourth-order valence-corrected chi connectivity index (χ4v) is 3.24.